The van der Waals surface area contributed by atoms with E-state index in [4.69, 9.17) is 29.4 Å². The molecule has 0 unspecified atom stereocenters. The van der Waals surface area contributed by atoms with Crippen LogP contribution in [-0.4, -0.2) is 44.6 Å². The smallest absolute Gasteiger partial charge is 0.337 e. The number of H-pyrrole nitrogens is 1. The zero-order valence-electron chi connectivity index (χ0n) is 19.0. The number of hydrogen-bond donors (Lipinski definition) is 2. The molecule has 0 radical (unpaired) electrons. The van der Waals surface area contributed by atoms with Gasteiger partial charge in [-0.3, -0.25) is 5.10 Å². The summed E-state index contributed by atoms with van der Waals surface area (Å²) >= 11 is 0. The molecule has 34 heavy (non-hydrogen) atoms. The topological polar surface area (TPSA) is 142 Å². The quantitative estimate of drug-likeness (QED) is 0.528. The normalized spacial score (nSPS) is 14.5. The molecule has 3 aromatic rings. The van der Waals surface area contributed by atoms with E-state index in [1.54, 1.807) is 36.4 Å². The van der Waals surface area contributed by atoms with Gasteiger partial charge in [-0.25, -0.2) is 4.79 Å². The van der Waals surface area contributed by atoms with Gasteiger partial charge in [-0.15, -0.1) is 5.10 Å². The average Bonchev–Trinajstić information content (AvgIpc) is 3.29. The Morgan fingerprint density at radius 1 is 1.09 bits per heavy atom. The van der Waals surface area contributed by atoms with Gasteiger partial charge < -0.3 is 29.4 Å². The molecule has 10 heteroatoms. The van der Waals surface area contributed by atoms with Crippen LogP contribution in [0, 0.1) is 11.3 Å². The highest BCUT2D eigenvalue weighted by atomic mass is 16.5. The molecule has 0 fully saturated rings. The fourth-order valence-corrected chi connectivity index (χ4v) is 3.95. The summed E-state index contributed by atoms with van der Waals surface area (Å²) in [5.74, 6) is 0.472. The van der Waals surface area contributed by atoms with Crippen LogP contribution in [0.15, 0.2) is 47.9 Å². The minimum Gasteiger partial charge on any atom is -0.493 e. The predicted octanol–water partition coefficient (Wildman–Crippen LogP) is 3.11. The zero-order chi connectivity index (χ0) is 24.4. The van der Waals surface area contributed by atoms with Gasteiger partial charge in [0.2, 0.25) is 17.5 Å². The maximum atomic E-state index is 11.9. The standard InChI is InChI=1S/C24H22N4O6/c1-30-16-9-14(10-17(31-2)21(16)32-3)20-19-18(12-5-7-13(8-6-12)24(29)33-4)15(11-25)22(26)34-23(19)28-27-20/h5-10,18H,26H2,1-4H3,(H,27,28)/t18-/m0/s1. The number of nitrogens with zero attached hydrogens (tertiary/aromatic N) is 2. The number of rotatable bonds is 6. The number of aromatic amines is 1. The van der Waals surface area contributed by atoms with Crippen molar-refractivity contribution in [2.45, 2.75) is 5.92 Å². The van der Waals surface area contributed by atoms with Crippen LogP contribution in [0.5, 0.6) is 23.1 Å². The van der Waals surface area contributed by atoms with E-state index in [9.17, 15) is 10.1 Å². The molecule has 2 aromatic carbocycles. The zero-order valence-corrected chi connectivity index (χ0v) is 19.0. The first kappa shape index (κ1) is 22.5. The fraction of sp³-hybridized carbons (Fsp3) is 0.208. The Labute approximate surface area is 195 Å². The Hall–Kier alpha value is -4.65. The van der Waals surface area contributed by atoms with E-state index in [-0.39, 0.29) is 17.3 Å². The molecule has 10 nitrogen and oxygen atoms in total. The maximum absolute atomic E-state index is 11.9. The highest BCUT2D eigenvalue weighted by Gasteiger charge is 2.36. The number of carbonyl (C=O) groups is 1. The Bertz CT molecular complexity index is 1300. The van der Waals surface area contributed by atoms with Crippen molar-refractivity contribution in [2.24, 2.45) is 5.73 Å². The first-order valence-corrected chi connectivity index (χ1v) is 10.1. The first-order chi connectivity index (χ1) is 16.5. The van der Waals surface area contributed by atoms with Crippen LogP contribution in [-0.2, 0) is 4.74 Å². The lowest BCUT2D eigenvalue weighted by molar-refractivity contribution is 0.0600. The SMILES string of the molecule is COC(=O)c1ccc([C@H]2C(C#N)=C(N)Oc3n[nH]c(-c4cc(OC)c(OC)c(OC)c4)c32)cc1. The number of aromatic nitrogens is 2. The molecule has 3 N–H and O–H groups in total. The molecule has 0 amide bonds. The van der Waals surface area contributed by atoms with E-state index in [1.807, 2.05) is 0 Å². The van der Waals surface area contributed by atoms with Gasteiger partial charge in [0.1, 0.15) is 11.6 Å². The minimum absolute atomic E-state index is 0.0417. The summed E-state index contributed by atoms with van der Waals surface area (Å²) in [5.41, 5.74) is 9.22. The number of fused-ring (bicyclic) bond motifs is 1. The minimum atomic E-state index is -0.603. The Balaban J connectivity index is 1.91. The van der Waals surface area contributed by atoms with Gasteiger partial charge in [0.25, 0.3) is 0 Å². The molecule has 174 valence electrons. The van der Waals surface area contributed by atoms with E-state index in [1.165, 1.54) is 28.4 Å². The first-order valence-electron chi connectivity index (χ1n) is 10.1. The van der Waals surface area contributed by atoms with Crippen molar-refractivity contribution < 1.29 is 28.5 Å². The van der Waals surface area contributed by atoms with E-state index in [0.717, 1.165) is 0 Å². The number of benzene rings is 2. The highest BCUT2D eigenvalue weighted by molar-refractivity contribution is 5.89. The number of allylic oxidation sites excluding steroid dienone is 1. The second-order valence-electron chi connectivity index (χ2n) is 7.27. The van der Waals surface area contributed by atoms with Gasteiger partial charge in [-0.1, -0.05) is 12.1 Å². The van der Waals surface area contributed by atoms with Crippen LogP contribution < -0.4 is 24.7 Å². The largest absolute Gasteiger partial charge is 0.493 e. The van der Waals surface area contributed by atoms with Crippen molar-refractivity contribution in [3.63, 3.8) is 0 Å². The van der Waals surface area contributed by atoms with Gasteiger partial charge in [0, 0.05) is 5.56 Å². The van der Waals surface area contributed by atoms with E-state index >= 15 is 0 Å². The van der Waals surface area contributed by atoms with Crippen molar-refractivity contribution in [3.8, 4) is 40.5 Å². The number of nitrogens with one attached hydrogen (secondary N) is 1. The summed E-state index contributed by atoms with van der Waals surface area (Å²) in [6.07, 6.45) is 0. The molecule has 4 rings (SSSR count). The summed E-state index contributed by atoms with van der Waals surface area (Å²) in [6.45, 7) is 0. The number of hydrogen-bond acceptors (Lipinski definition) is 9. The summed E-state index contributed by atoms with van der Waals surface area (Å²) in [5, 5.41) is 17.2. The maximum Gasteiger partial charge on any atom is 0.337 e. The summed E-state index contributed by atoms with van der Waals surface area (Å²) < 4.78 is 26.8. The number of esters is 1. The Morgan fingerprint density at radius 3 is 2.26 bits per heavy atom. The number of nitrogens with two attached hydrogens (primary N) is 1. The summed E-state index contributed by atoms with van der Waals surface area (Å²) in [7, 11) is 5.88. The highest BCUT2D eigenvalue weighted by Crippen LogP contribution is 2.48. The third kappa shape index (κ3) is 3.63. The molecule has 0 saturated carbocycles. The van der Waals surface area contributed by atoms with Crippen LogP contribution in [0.1, 0.15) is 27.4 Å². The fourth-order valence-electron chi connectivity index (χ4n) is 3.95. The van der Waals surface area contributed by atoms with Crippen LogP contribution in [0.2, 0.25) is 0 Å². The molecular formula is C24H22N4O6. The molecule has 0 aliphatic carbocycles. The van der Waals surface area contributed by atoms with Gasteiger partial charge in [0.15, 0.2) is 11.5 Å². The average molecular weight is 462 g/mol. The number of carbonyl (C=O) groups excluding carboxylic acids is 1. The summed E-state index contributed by atoms with van der Waals surface area (Å²) in [4.78, 5) is 11.9. The van der Waals surface area contributed by atoms with Crippen molar-refractivity contribution in [3.05, 3.63) is 64.5 Å². The Kier molecular flexibility index (Phi) is 6.01. The second kappa shape index (κ2) is 9.07. The number of methoxy groups -OCH3 is 4. The third-order valence-electron chi connectivity index (χ3n) is 5.56. The van der Waals surface area contributed by atoms with Gasteiger partial charge >= 0.3 is 5.97 Å². The molecule has 1 atom stereocenters. The molecule has 0 saturated heterocycles. The van der Waals surface area contributed by atoms with Crippen LogP contribution in [0.4, 0.5) is 0 Å². The Morgan fingerprint density at radius 2 is 1.74 bits per heavy atom. The number of ether oxygens (including phenoxy) is 5. The lowest BCUT2D eigenvalue weighted by Crippen LogP contribution is -2.21. The van der Waals surface area contributed by atoms with Crippen molar-refractivity contribution in [1.29, 1.82) is 5.26 Å². The van der Waals surface area contributed by atoms with Crippen LogP contribution >= 0.6 is 0 Å². The predicted molar refractivity (Wildman–Crippen MR) is 121 cm³/mol. The van der Waals surface area contributed by atoms with Gasteiger partial charge in [0.05, 0.1) is 51.2 Å². The van der Waals surface area contributed by atoms with Crippen molar-refractivity contribution >= 4 is 5.97 Å². The van der Waals surface area contributed by atoms with Crippen molar-refractivity contribution in [2.75, 3.05) is 28.4 Å². The third-order valence-corrected chi connectivity index (χ3v) is 5.56. The molecule has 0 spiro atoms. The van der Waals surface area contributed by atoms with Crippen molar-refractivity contribution in [1.82, 2.24) is 10.2 Å². The molecule has 1 aromatic heterocycles. The molecule has 2 heterocycles. The molecule has 1 aliphatic heterocycles. The lowest BCUT2D eigenvalue weighted by atomic mass is 9.82. The number of nitriles is 1. The van der Waals surface area contributed by atoms with E-state index < -0.39 is 11.9 Å². The molecule has 1 aliphatic rings. The van der Waals surface area contributed by atoms with Crippen LogP contribution in [0.25, 0.3) is 11.3 Å². The van der Waals surface area contributed by atoms with E-state index in [0.29, 0.717) is 45.2 Å². The molecule has 0 bridgehead atoms. The van der Waals surface area contributed by atoms with Crippen LogP contribution in [0.3, 0.4) is 0 Å². The lowest BCUT2D eigenvalue weighted by Gasteiger charge is -2.24. The van der Waals surface area contributed by atoms with Gasteiger partial charge in [-0.2, -0.15) is 5.26 Å². The van der Waals surface area contributed by atoms with Gasteiger partial charge in [-0.05, 0) is 29.8 Å². The second-order valence-corrected chi connectivity index (χ2v) is 7.27. The molecular weight excluding hydrogens is 440 g/mol. The summed E-state index contributed by atoms with van der Waals surface area (Å²) in [6, 6.07) is 12.4. The van der Waals surface area contributed by atoms with E-state index in [2.05, 4.69) is 16.3 Å². The monoisotopic (exact) mass is 462 g/mol.